The second-order valence-corrected chi connectivity index (χ2v) is 7.28. The van der Waals surface area contributed by atoms with Crippen molar-refractivity contribution in [1.29, 1.82) is 0 Å². The number of carbonyl (C=O) groups excluding carboxylic acids is 2. The number of rotatable bonds is 5. The first-order valence-corrected chi connectivity index (χ1v) is 9.72. The van der Waals surface area contributed by atoms with Gasteiger partial charge in [0, 0.05) is 25.7 Å². The molecule has 2 aliphatic rings. The van der Waals surface area contributed by atoms with Crippen LogP contribution in [0.1, 0.15) is 38.2 Å². The molecule has 1 heterocycles. The Balaban J connectivity index is 1.50. The van der Waals surface area contributed by atoms with Crippen LogP contribution in [0.3, 0.4) is 0 Å². The van der Waals surface area contributed by atoms with Gasteiger partial charge in [0.15, 0.2) is 0 Å². The number of piperazine rings is 1. The van der Waals surface area contributed by atoms with E-state index in [-0.39, 0.29) is 24.5 Å². The molecule has 1 fully saturated rings. The van der Waals surface area contributed by atoms with Crippen LogP contribution >= 0.6 is 0 Å². The molecule has 0 radical (unpaired) electrons. The fourth-order valence-electron chi connectivity index (χ4n) is 3.63. The molecule has 6 heteroatoms. The van der Waals surface area contributed by atoms with Crippen molar-refractivity contribution in [2.24, 2.45) is 0 Å². The summed E-state index contributed by atoms with van der Waals surface area (Å²) in [5.41, 5.74) is 2.36. The molecular weight excluding hydrogens is 342 g/mol. The number of benzene rings is 1. The highest BCUT2D eigenvalue weighted by Gasteiger charge is 2.28. The quantitative estimate of drug-likeness (QED) is 0.810. The van der Waals surface area contributed by atoms with Crippen LogP contribution in [0, 0.1) is 0 Å². The third kappa shape index (κ3) is 5.02. The summed E-state index contributed by atoms with van der Waals surface area (Å²) >= 11 is 0. The number of amides is 3. The average molecular weight is 371 g/mol. The van der Waals surface area contributed by atoms with Gasteiger partial charge in [0.05, 0.1) is 7.11 Å². The molecule has 1 N–H and O–H groups in total. The van der Waals surface area contributed by atoms with Crippen LogP contribution in [0.5, 0.6) is 5.75 Å². The second kappa shape index (κ2) is 8.93. The highest BCUT2D eigenvalue weighted by Crippen LogP contribution is 2.20. The Morgan fingerprint density at radius 2 is 2.00 bits per heavy atom. The Kier molecular flexibility index (Phi) is 6.37. The van der Waals surface area contributed by atoms with Gasteiger partial charge in [-0.05, 0) is 50.3 Å². The highest BCUT2D eigenvalue weighted by atomic mass is 16.5. The van der Waals surface area contributed by atoms with Crippen molar-refractivity contribution in [1.82, 2.24) is 15.1 Å². The number of hydrogen-bond acceptors (Lipinski definition) is 3. The predicted octanol–water partition coefficient (Wildman–Crippen LogP) is 2.94. The molecule has 1 aromatic rings. The molecule has 0 bridgehead atoms. The lowest BCUT2D eigenvalue weighted by Crippen LogP contribution is -2.55. The summed E-state index contributed by atoms with van der Waals surface area (Å²) in [6.45, 7) is 3.82. The molecule has 1 unspecified atom stereocenters. The van der Waals surface area contributed by atoms with E-state index in [9.17, 15) is 9.59 Å². The van der Waals surface area contributed by atoms with Gasteiger partial charge in [-0.25, -0.2) is 4.79 Å². The molecule has 6 nitrogen and oxygen atoms in total. The summed E-state index contributed by atoms with van der Waals surface area (Å²) < 4.78 is 5.16. The molecule has 0 saturated carbocycles. The van der Waals surface area contributed by atoms with Gasteiger partial charge in [0.1, 0.15) is 12.3 Å². The minimum Gasteiger partial charge on any atom is -0.497 e. The van der Waals surface area contributed by atoms with Gasteiger partial charge >= 0.3 is 6.03 Å². The molecule has 1 aliphatic carbocycles. The van der Waals surface area contributed by atoms with Crippen LogP contribution in [0.4, 0.5) is 4.79 Å². The van der Waals surface area contributed by atoms with Crippen molar-refractivity contribution in [3.05, 3.63) is 41.5 Å². The molecule has 1 atom stereocenters. The monoisotopic (exact) mass is 371 g/mol. The maximum absolute atomic E-state index is 12.5. The van der Waals surface area contributed by atoms with Crippen LogP contribution in [-0.2, 0) is 11.3 Å². The van der Waals surface area contributed by atoms with E-state index in [0.29, 0.717) is 19.6 Å². The molecule has 0 spiro atoms. The zero-order valence-electron chi connectivity index (χ0n) is 16.2. The van der Waals surface area contributed by atoms with E-state index in [2.05, 4.69) is 11.4 Å². The number of methoxy groups -OCH3 is 1. The lowest BCUT2D eigenvalue weighted by atomic mass is 9.95. The van der Waals surface area contributed by atoms with Crippen molar-refractivity contribution in [2.45, 2.75) is 45.2 Å². The first kappa shape index (κ1) is 19.3. The lowest BCUT2D eigenvalue weighted by Gasteiger charge is -2.35. The summed E-state index contributed by atoms with van der Waals surface area (Å²) in [6.07, 6.45) is 6.81. The largest absolute Gasteiger partial charge is 0.497 e. The zero-order valence-corrected chi connectivity index (χ0v) is 16.2. The molecule has 3 rings (SSSR count). The Labute approximate surface area is 161 Å². The first-order valence-electron chi connectivity index (χ1n) is 9.72. The Hall–Kier alpha value is -2.50. The standard InChI is InChI=1S/C21H29N3O3/c1-16(18-6-4-3-5-7-18)22-21(26)24-13-12-23(20(25)15-24)14-17-8-10-19(27-2)11-9-17/h6,8-11,16H,3-5,7,12-15H2,1-2H3,(H,22,26). The number of urea groups is 1. The fraction of sp³-hybridized carbons (Fsp3) is 0.524. The Morgan fingerprint density at radius 3 is 2.63 bits per heavy atom. The summed E-state index contributed by atoms with van der Waals surface area (Å²) in [6, 6.07) is 7.60. The van der Waals surface area contributed by atoms with E-state index in [1.165, 1.54) is 18.4 Å². The number of nitrogens with one attached hydrogen (secondary N) is 1. The van der Waals surface area contributed by atoms with E-state index in [1.807, 2.05) is 31.2 Å². The normalized spacial score (nSPS) is 18.7. The van der Waals surface area contributed by atoms with E-state index in [1.54, 1.807) is 16.9 Å². The van der Waals surface area contributed by atoms with Crippen LogP contribution in [0.2, 0.25) is 0 Å². The first-order chi connectivity index (χ1) is 13.1. The SMILES string of the molecule is COc1ccc(CN2CCN(C(=O)NC(C)C3=CCCCC3)CC2=O)cc1. The topological polar surface area (TPSA) is 61.9 Å². The minimum absolute atomic E-state index is 0.0169. The third-order valence-electron chi connectivity index (χ3n) is 5.36. The number of ether oxygens (including phenoxy) is 1. The van der Waals surface area contributed by atoms with Gasteiger partial charge in [0.25, 0.3) is 0 Å². The number of carbonyl (C=O) groups is 2. The molecule has 3 amide bonds. The van der Waals surface area contributed by atoms with Crippen LogP contribution in [0.25, 0.3) is 0 Å². The van der Waals surface area contributed by atoms with Gasteiger partial charge in [-0.2, -0.15) is 0 Å². The Morgan fingerprint density at radius 1 is 1.22 bits per heavy atom. The molecule has 1 aliphatic heterocycles. The van der Waals surface area contributed by atoms with Crippen LogP contribution < -0.4 is 10.1 Å². The number of nitrogens with zero attached hydrogens (tertiary/aromatic N) is 2. The molecule has 0 aromatic heterocycles. The van der Waals surface area contributed by atoms with Gasteiger partial charge < -0.3 is 19.9 Å². The molecular formula is C21H29N3O3. The fourth-order valence-corrected chi connectivity index (χ4v) is 3.63. The van der Waals surface area contributed by atoms with E-state index in [0.717, 1.165) is 24.2 Å². The maximum atomic E-state index is 12.5. The van der Waals surface area contributed by atoms with Crippen LogP contribution in [-0.4, -0.2) is 54.5 Å². The molecule has 1 saturated heterocycles. The smallest absolute Gasteiger partial charge is 0.318 e. The highest BCUT2D eigenvalue weighted by molar-refractivity contribution is 5.85. The van der Waals surface area contributed by atoms with Gasteiger partial charge in [0.2, 0.25) is 5.91 Å². The summed E-state index contributed by atoms with van der Waals surface area (Å²) in [4.78, 5) is 28.4. The average Bonchev–Trinajstić information content (AvgIpc) is 2.70. The second-order valence-electron chi connectivity index (χ2n) is 7.28. The number of hydrogen-bond donors (Lipinski definition) is 1. The minimum atomic E-state index is -0.147. The van der Waals surface area contributed by atoms with E-state index < -0.39 is 0 Å². The van der Waals surface area contributed by atoms with Crippen molar-refractivity contribution >= 4 is 11.9 Å². The van der Waals surface area contributed by atoms with E-state index in [4.69, 9.17) is 4.74 Å². The summed E-state index contributed by atoms with van der Waals surface area (Å²) in [7, 11) is 1.63. The van der Waals surface area contributed by atoms with E-state index >= 15 is 0 Å². The predicted molar refractivity (Wildman–Crippen MR) is 105 cm³/mol. The summed E-state index contributed by atoms with van der Waals surface area (Å²) in [5.74, 6) is 0.783. The van der Waals surface area contributed by atoms with Gasteiger partial charge in [-0.3, -0.25) is 4.79 Å². The number of allylic oxidation sites excluding steroid dienone is 1. The van der Waals surface area contributed by atoms with Gasteiger partial charge in [-0.15, -0.1) is 0 Å². The maximum Gasteiger partial charge on any atom is 0.318 e. The molecule has 27 heavy (non-hydrogen) atoms. The molecule has 146 valence electrons. The molecule has 1 aromatic carbocycles. The lowest BCUT2D eigenvalue weighted by molar-refractivity contribution is -0.135. The zero-order chi connectivity index (χ0) is 19.2. The van der Waals surface area contributed by atoms with Gasteiger partial charge in [-0.1, -0.05) is 23.8 Å². The van der Waals surface area contributed by atoms with Crippen molar-refractivity contribution < 1.29 is 14.3 Å². The Bertz CT molecular complexity index is 699. The van der Waals surface area contributed by atoms with Crippen molar-refractivity contribution in [3.63, 3.8) is 0 Å². The van der Waals surface area contributed by atoms with Crippen molar-refractivity contribution in [3.8, 4) is 5.75 Å². The summed E-state index contributed by atoms with van der Waals surface area (Å²) in [5, 5.41) is 3.05. The van der Waals surface area contributed by atoms with Crippen molar-refractivity contribution in [2.75, 3.05) is 26.7 Å². The van der Waals surface area contributed by atoms with Crippen LogP contribution in [0.15, 0.2) is 35.9 Å². The third-order valence-corrected chi connectivity index (χ3v) is 5.36.